The minimum absolute atomic E-state index is 0.0103. The van der Waals surface area contributed by atoms with Gasteiger partial charge in [-0.15, -0.1) is 0 Å². The maximum Gasteiger partial charge on any atom is 0.185 e. The third-order valence-corrected chi connectivity index (χ3v) is 6.02. The number of pyridine rings is 1. The molecule has 4 rings (SSSR count). The van der Waals surface area contributed by atoms with Gasteiger partial charge in [-0.2, -0.15) is 5.10 Å². The van der Waals surface area contributed by atoms with Crippen molar-refractivity contribution in [3.05, 3.63) is 71.2 Å². The second-order valence-electron chi connectivity index (χ2n) is 8.72. The zero-order valence-corrected chi connectivity index (χ0v) is 20.2. The predicted octanol–water partition coefficient (Wildman–Crippen LogP) is 4.36. The number of nitrogens with zero attached hydrogens (tertiary/aromatic N) is 4. The Hall–Kier alpha value is -3.52. The first kappa shape index (κ1) is 23.6. The van der Waals surface area contributed by atoms with Crippen molar-refractivity contribution >= 4 is 11.4 Å². The molecule has 0 unspecified atom stereocenters. The van der Waals surface area contributed by atoms with Gasteiger partial charge >= 0.3 is 0 Å². The maximum atomic E-state index is 14.1. The molecular weight excluding hydrogens is 433 g/mol. The molecule has 0 spiro atoms. The number of halogens is 1. The maximum absolute atomic E-state index is 14.1. The zero-order valence-electron chi connectivity index (χ0n) is 20.2. The minimum atomic E-state index is -0.369. The monoisotopic (exact) mass is 463 g/mol. The molecule has 7 nitrogen and oxygen atoms in total. The van der Waals surface area contributed by atoms with Crippen LogP contribution in [-0.4, -0.2) is 38.6 Å². The lowest BCUT2D eigenvalue weighted by Crippen LogP contribution is -2.13. The fraction of sp³-hybridized carbons (Fsp3) is 0.346. The predicted molar refractivity (Wildman–Crippen MR) is 130 cm³/mol. The van der Waals surface area contributed by atoms with Crippen LogP contribution in [0.25, 0.3) is 16.8 Å². The van der Waals surface area contributed by atoms with Crippen LogP contribution in [-0.2, 0) is 20.0 Å². The third kappa shape index (κ3) is 4.59. The molecule has 34 heavy (non-hydrogen) atoms. The molecule has 0 saturated heterocycles. The molecule has 3 heterocycles. The quantitative estimate of drug-likeness (QED) is 0.373. The Morgan fingerprint density at radius 2 is 2.03 bits per heavy atom. The molecule has 8 heteroatoms. The highest BCUT2D eigenvalue weighted by atomic mass is 19.1. The number of imidazole rings is 1. The molecule has 1 N–H and O–H groups in total. The van der Waals surface area contributed by atoms with Gasteiger partial charge in [-0.25, -0.2) is 9.37 Å². The van der Waals surface area contributed by atoms with E-state index in [1.165, 1.54) is 12.1 Å². The van der Waals surface area contributed by atoms with E-state index in [0.29, 0.717) is 31.0 Å². The van der Waals surface area contributed by atoms with Crippen molar-refractivity contribution < 1.29 is 13.9 Å². The number of carbonyl (C=O) groups excluding carboxylic acids is 1. The first-order chi connectivity index (χ1) is 16.3. The summed E-state index contributed by atoms with van der Waals surface area (Å²) < 4.78 is 24.0. The minimum Gasteiger partial charge on any atom is -0.492 e. The smallest absolute Gasteiger partial charge is 0.185 e. The van der Waals surface area contributed by atoms with Crippen LogP contribution in [0.15, 0.2) is 42.7 Å². The van der Waals surface area contributed by atoms with E-state index in [9.17, 15) is 9.18 Å². The molecule has 0 saturated carbocycles. The Bertz CT molecular complexity index is 1340. The molecule has 0 bridgehead atoms. The van der Waals surface area contributed by atoms with Gasteiger partial charge in [0.1, 0.15) is 22.9 Å². The van der Waals surface area contributed by atoms with Crippen molar-refractivity contribution in [2.45, 2.75) is 33.7 Å². The summed E-state index contributed by atoms with van der Waals surface area (Å²) in [6.07, 6.45) is 4.32. The van der Waals surface area contributed by atoms with Crippen LogP contribution >= 0.6 is 0 Å². The van der Waals surface area contributed by atoms with E-state index >= 15 is 0 Å². The van der Waals surface area contributed by atoms with E-state index in [4.69, 9.17) is 4.74 Å². The molecule has 0 atom stereocenters. The van der Waals surface area contributed by atoms with E-state index in [1.54, 1.807) is 10.7 Å². The number of ether oxygens (including phenoxy) is 1. The summed E-state index contributed by atoms with van der Waals surface area (Å²) in [5, 5.41) is 7.56. The Balaban J connectivity index is 1.61. The first-order valence-electron chi connectivity index (χ1n) is 11.4. The molecule has 0 amide bonds. The van der Waals surface area contributed by atoms with E-state index in [0.717, 1.165) is 33.7 Å². The van der Waals surface area contributed by atoms with Gasteiger partial charge < -0.3 is 14.5 Å². The number of benzene rings is 1. The van der Waals surface area contributed by atoms with Crippen molar-refractivity contribution in [1.29, 1.82) is 0 Å². The van der Waals surface area contributed by atoms with Gasteiger partial charge in [0, 0.05) is 60.6 Å². The second-order valence-corrected chi connectivity index (χ2v) is 8.72. The van der Waals surface area contributed by atoms with Crippen LogP contribution in [0.2, 0.25) is 0 Å². The summed E-state index contributed by atoms with van der Waals surface area (Å²) in [7, 11) is 3.72. The van der Waals surface area contributed by atoms with E-state index < -0.39 is 0 Å². The number of Topliss-reactive ketones (excluding diaryl/α,β-unsaturated/α-hetero) is 1. The van der Waals surface area contributed by atoms with Gasteiger partial charge in [-0.05, 0) is 38.2 Å². The average Bonchev–Trinajstić information content (AvgIpc) is 3.34. The first-order valence-corrected chi connectivity index (χ1v) is 11.4. The number of aryl methyl sites for hydroxylation is 1. The largest absolute Gasteiger partial charge is 0.492 e. The van der Waals surface area contributed by atoms with Crippen molar-refractivity contribution in [2.24, 2.45) is 13.0 Å². The van der Waals surface area contributed by atoms with Gasteiger partial charge in [0.15, 0.2) is 5.78 Å². The van der Waals surface area contributed by atoms with Gasteiger partial charge in [-0.1, -0.05) is 13.8 Å². The highest BCUT2D eigenvalue weighted by molar-refractivity contribution is 5.97. The Morgan fingerprint density at radius 1 is 1.24 bits per heavy atom. The highest BCUT2D eigenvalue weighted by Gasteiger charge is 2.22. The fourth-order valence-electron chi connectivity index (χ4n) is 4.04. The summed E-state index contributed by atoms with van der Waals surface area (Å²) in [6.45, 7) is 6.64. The summed E-state index contributed by atoms with van der Waals surface area (Å²) >= 11 is 0. The molecule has 3 aromatic heterocycles. The lowest BCUT2D eigenvalue weighted by atomic mass is 10.0. The zero-order chi connectivity index (χ0) is 24.4. The molecule has 0 aliphatic rings. The van der Waals surface area contributed by atoms with Gasteiger partial charge in [0.2, 0.25) is 0 Å². The number of rotatable bonds is 9. The molecule has 0 aliphatic heterocycles. The topological polar surface area (TPSA) is 73.5 Å². The molecule has 0 fully saturated rings. The molecule has 178 valence electrons. The SMILES string of the molecule is CNCc1cnc2ccc(-c3ccc(F)cc3OCCc3c(C(=O)C(C)C)nn(C)c3C)cn12. The van der Waals surface area contributed by atoms with Crippen LogP contribution in [0.4, 0.5) is 4.39 Å². The Labute approximate surface area is 198 Å². The average molecular weight is 464 g/mol. The number of aromatic nitrogens is 4. The van der Waals surface area contributed by atoms with Crippen molar-refractivity contribution in [2.75, 3.05) is 13.7 Å². The van der Waals surface area contributed by atoms with Crippen molar-refractivity contribution in [3.63, 3.8) is 0 Å². The summed E-state index contributed by atoms with van der Waals surface area (Å²) in [5.41, 5.74) is 5.83. The van der Waals surface area contributed by atoms with Gasteiger partial charge in [0.25, 0.3) is 0 Å². The van der Waals surface area contributed by atoms with Gasteiger partial charge in [0.05, 0.1) is 18.5 Å². The lowest BCUT2D eigenvalue weighted by Gasteiger charge is -2.13. The second kappa shape index (κ2) is 9.77. The number of hydrogen-bond acceptors (Lipinski definition) is 5. The van der Waals surface area contributed by atoms with Crippen LogP contribution in [0.5, 0.6) is 5.75 Å². The highest BCUT2D eigenvalue weighted by Crippen LogP contribution is 2.31. The molecular formula is C26H30FN5O2. The molecule has 4 aromatic rings. The number of hydrogen-bond donors (Lipinski definition) is 1. The van der Waals surface area contributed by atoms with Crippen LogP contribution in [0.3, 0.4) is 0 Å². The molecule has 0 aliphatic carbocycles. The Kier molecular flexibility index (Phi) is 6.79. The number of fused-ring (bicyclic) bond motifs is 1. The number of nitrogens with one attached hydrogen (secondary N) is 1. The third-order valence-electron chi connectivity index (χ3n) is 6.02. The number of ketones is 1. The summed E-state index contributed by atoms with van der Waals surface area (Å²) in [6, 6.07) is 8.45. The molecule has 0 radical (unpaired) electrons. The van der Waals surface area contributed by atoms with E-state index in [1.807, 2.05) is 63.8 Å². The Morgan fingerprint density at radius 3 is 2.76 bits per heavy atom. The van der Waals surface area contributed by atoms with E-state index in [2.05, 4.69) is 15.4 Å². The van der Waals surface area contributed by atoms with Crippen molar-refractivity contribution in [3.8, 4) is 16.9 Å². The normalized spacial score (nSPS) is 11.5. The van der Waals surface area contributed by atoms with Crippen LogP contribution in [0.1, 0.15) is 41.3 Å². The summed E-state index contributed by atoms with van der Waals surface area (Å²) in [5.74, 6) is -0.0506. The lowest BCUT2D eigenvalue weighted by molar-refractivity contribution is 0.0932. The standard InChI is InChI=1S/C26H30FN5O2/c1-16(2)26(33)25-21(17(3)31(5)30-25)10-11-34-23-12-19(27)7-8-22(23)18-6-9-24-29-14-20(13-28-4)32(24)15-18/h6-9,12,14-16,28H,10-11,13H2,1-5H3. The number of carbonyl (C=O) groups is 1. The molecule has 1 aromatic carbocycles. The van der Waals surface area contributed by atoms with Crippen LogP contribution < -0.4 is 10.1 Å². The van der Waals surface area contributed by atoms with Crippen molar-refractivity contribution in [1.82, 2.24) is 24.5 Å². The fourth-order valence-corrected chi connectivity index (χ4v) is 4.04. The summed E-state index contributed by atoms with van der Waals surface area (Å²) in [4.78, 5) is 17.1. The van der Waals surface area contributed by atoms with Gasteiger partial charge in [-0.3, -0.25) is 9.48 Å². The van der Waals surface area contributed by atoms with E-state index in [-0.39, 0.29) is 17.5 Å². The van der Waals surface area contributed by atoms with Crippen LogP contribution in [0, 0.1) is 18.7 Å².